The van der Waals surface area contributed by atoms with E-state index in [-0.39, 0.29) is 0 Å². The summed E-state index contributed by atoms with van der Waals surface area (Å²) in [7, 11) is 2.03. The lowest BCUT2D eigenvalue weighted by Crippen LogP contribution is -2.31. The van der Waals surface area contributed by atoms with Crippen molar-refractivity contribution in [1.82, 2.24) is 4.57 Å². The van der Waals surface area contributed by atoms with Crippen molar-refractivity contribution in [2.45, 2.75) is 6.54 Å². The minimum atomic E-state index is -1.75. The van der Waals surface area contributed by atoms with E-state index < -0.39 is 5.09 Å². The van der Waals surface area contributed by atoms with Crippen molar-refractivity contribution in [3.63, 3.8) is 0 Å². The molecule has 6 heteroatoms. The fraction of sp³-hybridized carbons (Fsp3) is 0.182. The lowest BCUT2D eigenvalue weighted by Gasteiger charge is -1.95. The maximum Gasteiger partial charge on any atom is 0.243 e. The Balaban J connectivity index is 0.000000317. The third-order valence-corrected chi connectivity index (χ3v) is 2.03. The van der Waals surface area contributed by atoms with Gasteiger partial charge < -0.3 is 15.3 Å². The van der Waals surface area contributed by atoms with Crippen LogP contribution in [0.2, 0.25) is 0 Å². The molecule has 2 rings (SSSR count). The molecule has 0 fully saturated rings. The average molecular weight is 235 g/mol. The average Bonchev–Trinajstić information content (AvgIpc) is 2.65. The molecule has 0 aliphatic heterocycles. The lowest BCUT2D eigenvalue weighted by molar-refractivity contribution is -0.687. The molecule has 1 aromatic heterocycles. The summed E-state index contributed by atoms with van der Waals surface area (Å²) >= 11 is 0. The van der Waals surface area contributed by atoms with Crippen LogP contribution in [0.4, 0.5) is 0 Å². The first-order valence-corrected chi connectivity index (χ1v) is 4.94. The zero-order valence-electron chi connectivity index (χ0n) is 9.39. The number of imidazole rings is 1. The molecule has 0 aliphatic rings. The standard InChI is InChI=1S/C11H13N2.NO3/c1-12-7-8-13(10-12)9-11-5-3-2-4-6-11;2-1(3)4/h2-8,10H,9H2,1H3;/q+1;-1. The van der Waals surface area contributed by atoms with Crippen LogP contribution in [0.25, 0.3) is 0 Å². The number of benzene rings is 1. The van der Waals surface area contributed by atoms with Crippen LogP contribution in [0.1, 0.15) is 5.56 Å². The number of aryl methyl sites for hydroxylation is 1. The van der Waals surface area contributed by atoms with Crippen molar-refractivity contribution in [3.05, 3.63) is 69.9 Å². The maximum absolute atomic E-state index is 8.25. The predicted molar refractivity (Wildman–Crippen MR) is 61.5 cm³/mol. The van der Waals surface area contributed by atoms with Gasteiger partial charge in [0.2, 0.25) is 6.33 Å². The highest BCUT2D eigenvalue weighted by atomic mass is 16.9. The Morgan fingerprint density at radius 3 is 2.35 bits per heavy atom. The summed E-state index contributed by atoms with van der Waals surface area (Å²) in [5.41, 5.74) is 1.33. The number of hydrogen-bond acceptors (Lipinski definition) is 3. The third kappa shape index (κ3) is 5.31. The first kappa shape index (κ1) is 12.7. The summed E-state index contributed by atoms with van der Waals surface area (Å²) in [6.45, 7) is 0.946. The topological polar surface area (TPSA) is 75.0 Å². The molecule has 0 radical (unpaired) electrons. The van der Waals surface area contributed by atoms with Gasteiger partial charge in [0.1, 0.15) is 18.9 Å². The van der Waals surface area contributed by atoms with Gasteiger partial charge in [-0.2, -0.15) is 0 Å². The van der Waals surface area contributed by atoms with E-state index in [9.17, 15) is 0 Å². The van der Waals surface area contributed by atoms with E-state index in [0.717, 1.165) is 6.54 Å². The Kier molecular flexibility index (Phi) is 4.68. The monoisotopic (exact) mass is 235 g/mol. The van der Waals surface area contributed by atoms with Gasteiger partial charge in [0.05, 0.1) is 12.1 Å². The Labute approximate surface area is 98.5 Å². The molecule has 0 N–H and O–H groups in total. The zero-order chi connectivity index (χ0) is 12.7. The highest BCUT2D eigenvalue weighted by molar-refractivity contribution is 5.13. The van der Waals surface area contributed by atoms with E-state index in [4.69, 9.17) is 15.3 Å². The van der Waals surface area contributed by atoms with Gasteiger partial charge in [-0.3, -0.25) is 0 Å². The molecule has 17 heavy (non-hydrogen) atoms. The highest BCUT2D eigenvalue weighted by Crippen LogP contribution is 1.96. The van der Waals surface area contributed by atoms with E-state index in [1.54, 1.807) is 0 Å². The van der Waals surface area contributed by atoms with Gasteiger partial charge in [-0.1, -0.05) is 30.3 Å². The molecule has 6 nitrogen and oxygen atoms in total. The lowest BCUT2D eigenvalue weighted by atomic mass is 10.2. The van der Waals surface area contributed by atoms with Crippen LogP contribution in [0, 0.1) is 15.3 Å². The van der Waals surface area contributed by atoms with Crippen molar-refractivity contribution in [3.8, 4) is 0 Å². The fourth-order valence-corrected chi connectivity index (χ4v) is 1.39. The number of aromatic nitrogens is 2. The molecule has 1 aromatic carbocycles. The van der Waals surface area contributed by atoms with Crippen molar-refractivity contribution in [2.24, 2.45) is 7.05 Å². The van der Waals surface area contributed by atoms with Gasteiger partial charge in [-0.05, 0) is 5.56 Å². The van der Waals surface area contributed by atoms with Crippen molar-refractivity contribution < 1.29 is 9.65 Å². The summed E-state index contributed by atoms with van der Waals surface area (Å²) in [4.78, 5) is 8.25. The maximum atomic E-state index is 8.25. The van der Waals surface area contributed by atoms with Crippen molar-refractivity contribution >= 4 is 0 Å². The minimum Gasteiger partial charge on any atom is -0.356 e. The molecule has 2 aromatic rings. The van der Waals surface area contributed by atoms with Crippen LogP contribution in [0.5, 0.6) is 0 Å². The van der Waals surface area contributed by atoms with Crippen LogP contribution in [0.3, 0.4) is 0 Å². The van der Waals surface area contributed by atoms with Crippen molar-refractivity contribution in [1.29, 1.82) is 0 Å². The van der Waals surface area contributed by atoms with Crippen LogP contribution < -0.4 is 4.57 Å². The molecule has 0 saturated carbocycles. The van der Waals surface area contributed by atoms with Gasteiger partial charge in [0, 0.05) is 0 Å². The summed E-state index contributed by atoms with van der Waals surface area (Å²) < 4.78 is 4.21. The Bertz CT molecular complexity index is 464. The second-order valence-corrected chi connectivity index (χ2v) is 3.46. The zero-order valence-corrected chi connectivity index (χ0v) is 9.39. The van der Waals surface area contributed by atoms with Gasteiger partial charge >= 0.3 is 0 Å². The normalized spacial score (nSPS) is 9.24. The van der Waals surface area contributed by atoms with E-state index in [0.29, 0.717) is 0 Å². The highest BCUT2D eigenvalue weighted by Gasteiger charge is 1.99. The van der Waals surface area contributed by atoms with Crippen LogP contribution in [0.15, 0.2) is 49.1 Å². The van der Waals surface area contributed by atoms with Gasteiger partial charge in [-0.15, -0.1) is 0 Å². The molecule has 0 amide bonds. The van der Waals surface area contributed by atoms with Crippen LogP contribution in [-0.2, 0) is 13.6 Å². The van der Waals surface area contributed by atoms with Gasteiger partial charge in [-0.25, -0.2) is 9.13 Å². The Morgan fingerprint density at radius 2 is 1.88 bits per heavy atom. The number of nitrogens with zero attached hydrogens (tertiary/aromatic N) is 3. The van der Waals surface area contributed by atoms with Gasteiger partial charge in [0.25, 0.3) is 0 Å². The largest absolute Gasteiger partial charge is 0.356 e. The Hall–Kier alpha value is -2.37. The third-order valence-electron chi connectivity index (χ3n) is 2.03. The quantitative estimate of drug-likeness (QED) is 0.444. The van der Waals surface area contributed by atoms with E-state index in [1.165, 1.54) is 5.56 Å². The van der Waals surface area contributed by atoms with Crippen LogP contribution in [-0.4, -0.2) is 9.65 Å². The molecular weight excluding hydrogens is 222 g/mol. The summed E-state index contributed by atoms with van der Waals surface area (Å²) in [6, 6.07) is 10.5. The fourth-order valence-electron chi connectivity index (χ4n) is 1.39. The number of rotatable bonds is 2. The SMILES string of the molecule is Cn1cc[n+](Cc2ccccc2)c1.O=[N+]([O-])[O-]. The summed E-state index contributed by atoms with van der Waals surface area (Å²) in [5.74, 6) is 0. The molecule has 0 saturated heterocycles. The van der Waals surface area contributed by atoms with E-state index >= 15 is 0 Å². The molecule has 0 spiro atoms. The van der Waals surface area contributed by atoms with Gasteiger partial charge in [0.15, 0.2) is 0 Å². The summed E-state index contributed by atoms with van der Waals surface area (Å²) in [6.07, 6.45) is 6.20. The van der Waals surface area contributed by atoms with Crippen molar-refractivity contribution in [2.75, 3.05) is 0 Å². The molecule has 0 aliphatic carbocycles. The molecular formula is C11H13N3O3. The first-order valence-electron chi connectivity index (χ1n) is 4.94. The first-order chi connectivity index (χ1) is 8.08. The van der Waals surface area contributed by atoms with E-state index in [2.05, 4.69) is 41.4 Å². The van der Waals surface area contributed by atoms with E-state index in [1.807, 2.05) is 23.9 Å². The molecule has 90 valence electrons. The molecule has 0 unspecified atom stereocenters. The predicted octanol–water partition coefficient (Wildman–Crippen LogP) is 1.12. The molecule has 1 heterocycles. The molecule has 0 atom stereocenters. The number of hydrogen-bond donors (Lipinski definition) is 0. The minimum absolute atomic E-state index is 0.946. The Morgan fingerprint density at radius 1 is 1.29 bits per heavy atom. The second-order valence-electron chi connectivity index (χ2n) is 3.46. The van der Waals surface area contributed by atoms with Crippen LogP contribution >= 0.6 is 0 Å². The second kappa shape index (κ2) is 6.26. The smallest absolute Gasteiger partial charge is 0.243 e. The molecule has 0 bridgehead atoms. The summed E-state index contributed by atoms with van der Waals surface area (Å²) in [5, 5.41) is 14.8.